The standard InChI is InChI=1S/C12H18O/c1-9(2)13-8-12-7-10(3)5-6-11(12)4/h5-7,9H,8H2,1-4H3. The molecule has 0 aliphatic carbocycles. The van der Waals surface area contributed by atoms with Gasteiger partial charge in [0.15, 0.2) is 0 Å². The third kappa shape index (κ3) is 3.19. The topological polar surface area (TPSA) is 9.23 Å². The van der Waals surface area contributed by atoms with Crippen LogP contribution in [0.5, 0.6) is 0 Å². The van der Waals surface area contributed by atoms with Gasteiger partial charge in [-0.05, 0) is 38.8 Å². The van der Waals surface area contributed by atoms with Crippen molar-refractivity contribution in [3.05, 3.63) is 34.9 Å². The molecule has 1 nitrogen and oxygen atoms in total. The van der Waals surface area contributed by atoms with E-state index in [9.17, 15) is 0 Å². The summed E-state index contributed by atoms with van der Waals surface area (Å²) in [6.45, 7) is 9.08. The van der Waals surface area contributed by atoms with Gasteiger partial charge in [0, 0.05) is 0 Å². The Labute approximate surface area is 80.7 Å². The first-order valence-corrected chi connectivity index (χ1v) is 4.77. The molecule has 72 valence electrons. The van der Waals surface area contributed by atoms with E-state index in [0.29, 0.717) is 6.10 Å². The smallest absolute Gasteiger partial charge is 0.0723 e. The van der Waals surface area contributed by atoms with Crippen molar-refractivity contribution in [3.63, 3.8) is 0 Å². The van der Waals surface area contributed by atoms with Crippen LogP contribution in [0.4, 0.5) is 0 Å². The monoisotopic (exact) mass is 178 g/mol. The number of hydrogen-bond donors (Lipinski definition) is 0. The highest BCUT2D eigenvalue weighted by Gasteiger charge is 2.00. The van der Waals surface area contributed by atoms with Crippen LogP contribution < -0.4 is 0 Å². The molecule has 0 aliphatic rings. The van der Waals surface area contributed by atoms with Gasteiger partial charge in [-0.3, -0.25) is 0 Å². The molecule has 0 radical (unpaired) electrons. The molecule has 0 saturated carbocycles. The van der Waals surface area contributed by atoms with Crippen LogP contribution in [0.1, 0.15) is 30.5 Å². The highest BCUT2D eigenvalue weighted by molar-refractivity contribution is 5.29. The zero-order valence-corrected chi connectivity index (χ0v) is 8.92. The second-order valence-electron chi connectivity index (χ2n) is 3.79. The average Bonchev–Trinajstić information content (AvgIpc) is 2.06. The van der Waals surface area contributed by atoms with Crippen LogP contribution >= 0.6 is 0 Å². The number of aryl methyl sites for hydroxylation is 2. The van der Waals surface area contributed by atoms with Gasteiger partial charge in [0.1, 0.15) is 0 Å². The Morgan fingerprint density at radius 2 is 1.92 bits per heavy atom. The molecular weight excluding hydrogens is 160 g/mol. The van der Waals surface area contributed by atoms with Gasteiger partial charge >= 0.3 is 0 Å². The van der Waals surface area contributed by atoms with Crippen molar-refractivity contribution in [1.82, 2.24) is 0 Å². The minimum atomic E-state index is 0.305. The summed E-state index contributed by atoms with van der Waals surface area (Å²) in [5.74, 6) is 0. The van der Waals surface area contributed by atoms with Gasteiger partial charge in [0.2, 0.25) is 0 Å². The fourth-order valence-electron chi connectivity index (χ4n) is 1.21. The lowest BCUT2D eigenvalue weighted by atomic mass is 10.1. The predicted molar refractivity (Wildman–Crippen MR) is 55.8 cm³/mol. The van der Waals surface area contributed by atoms with E-state index < -0.39 is 0 Å². The average molecular weight is 178 g/mol. The molecule has 0 spiro atoms. The molecule has 1 heteroatoms. The molecule has 1 aromatic rings. The van der Waals surface area contributed by atoms with Gasteiger partial charge in [-0.2, -0.15) is 0 Å². The van der Waals surface area contributed by atoms with Crippen LogP contribution in [-0.2, 0) is 11.3 Å². The van der Waals surface area contributed by atoms with Crippen molar-refractivity contribution in [2.75, 3.05) is 0 Å². The van der Waals surface area contributed by atoms with Crippen LogP contribution in [0.2, 0.25) is 0 Å². The summed E-state index contributed by atoms with van der Waals surface area (Å²) in [6, 6.07) is 6.47. The first-order valence-electron chi connectivity index (χ1n) is 4.77. The normalized spacial score (nSPS) is 10.8. The maximum Gasteiger partial charge on any atom is 0.0723 e. The Kier molecular flexibility index (Phi) is 3.49. The zero-order valence-electron chi connectivity index (χ0n) is 8.92. The van der Waals surface area contributed by atoms with Crippen molar-refractivity contribution >= 4 is 0 Å². The Balaban J connectivity index is 2.70. The largest absolute Gasteiger partial charge is 0.374 e. The zero-order chi connectivity index (χ0) is 9.84. The predicted octanol–water partition coefficient (Wildman–Crippen LogP) is 3.23. The second-order valence-corrected chi connectivity index (χ2v) is 3.79. The fraction of sp³-hybridized carbons (Fsp3) is 0.500. The minimum Gasteiger partial charge on any atom is -0.374 e. The number of ether oxygens (including phenoxy) is 1. The van der Waals surface area contributed by atoms with Gasteiger partial charge in [-0.25, -0.2) is 0 Å². The van der Waals surface area contributed by atoms with Crippen LogP contribution in [0.25, 0.3) is 0 Å². The van der Waals surface area contributed by atoms with E-state index in [2.05, 4.69) is 45.9 Å². The van der Waals surface area contributed by atoms with E-state index >= 15 is 0 Å². The van der Waals surface area contributed by atoms with E-state index in [0.717, 1.165) is 6.61 Å². The molecule has 0 atom stereocenters. The Hall–Kier alpha value is -0.820. The summed E-state index contributed by atoms with van der Waals surface area (Å²) >= 11 is 0. The van der Waals surface area contributed by atoms with Gasteiger partial charge in [0.05, 0.1) is 12.7 Å². The maximum atomic E-state index is 5.56. The van der Waals surface area contributed by atoms with Crippen molar-refractivity contribution in [3.8, 4) is 0 Å². The number of rotatable bonds is 3. The Bertz CT molecular complexity index is 276. The highest BCUT2D eigenvalue weighted by atomic mass is 16.5. The van der Waals surface area contributed by atoms with Gasteiger partial charge in [0.25, 0.3) is 0 Å². The van der Waals surface area contributed by atoms with Gasteiger partial charge in [-0.1, -0.05) is 23.8 Å². The molecule has 0 amide bonds. The van der Waals surface area contributed by atoms with E-state index in [1.54, 1.807) is 0 Å². The summed E-state index contributed by atoms with van der Waals surface area (Å²) in [4.78, 5) is 0. The van der Waals surface area contributed by atoms with E-state index in [1.165, 1.54) is 16.7 Å². The molecule has 0 aliphatic heterocycles. The number of benzene rings is 1. The van der Waals surface area contributed by atoms with Crippen LogP contribution in [0, 0.1) is 13.8 Å². The molecule has 1 rings (SSSR count). The number of hydrogen-bond acceptors (Lipinski definition) is 1. The van der Waals surface area contributed by atoms with Crippen LogP contribution in [0.15, 0.2) is 18.2 Å². The fourth-order valence-corrected chi connectivity index (χ4v) is 1.21. The Morgan fingerprint density at radius 1 is 1.23 bits per heavy atom. The molecule has 0 aromatic heterocycles. The molecule has 1 aromatic carbocycles. The summed E-state index contributed by atoms with van der Waals surface area (Å²) in [5, 5.41) is 0. The van der Waals surface area contributed by atoms with Crippen molar-refractivity contribution in [2.24, 2.45) is 0 Å². The van der Waals surface area contributed by atoms with Crippen molar-refractivity contribution < 1.29 is 4.74 Å². The Morgan fingerprint density at radius 3 is 2.54 bits per heavy atom. The molecule has 0 saturated heterocycles. The maximum absolute atomic E-state index is 5.56. The van der Waals surface area contributed by atoms with Crippen molar-refractivity contribution in [1.29, 1.82) is 0 Å². The summed E-state index contributed by atoms with van der Waals surface area (Å²) in [7, 11) is 0. The molecule has 0 unspecified atom stereocenters. The van der Waals surface area contributed by atoms with Gasteiger partial charge in [-0.15, -0.1) is 0 Å². The minimum absolute atomic E-state index is 0.305. The summed E-state index contributed by atoms with van der Waals surface area (Å²) in [6.07, 6.45) is 0.305. The van der Waals surface area contributed by atoms with Crippen molar-refractivity contribution in [2.45, 2.75) is 40.4 Å². The quantitative estimate of drug-likeness (QED) is 0.690. The first kappa shape index (κ1) is 10.3. The lowest BCUT2D eigenvalue weighted by molar-refractivity contribution is 0.0654. The van der Waals surface area contributed by atoms with E-state index in [1.807, 2.05) is 0 Å². The SMILES string of the molecule is Cc1ccc(C)c(COC(C)C)c1. The summed E-state index contributed by atoms with van der Waals surface area (Å²) in [5.41, 5.74) is 3.91. The molecule has 0 heterocycles. The third-order valence-electron chi connectivity index (χ3n) is 2.08. The molecule has 13 heavy (non-hydrogen) atoms. The molecule has 0 bridgehead atoms. The molecule has 0 N–H and O–H groups in total. The van der Waals surface area contributed by atoms with Gasteiger partial charge < -0.3 is 4.74 Å². The summed E-state index contributed by atoms with van der Waals surface area (Å²) < 4.78 is 5.56. The van der Waals surface area contributed by atoms with E-state index in [-0.39, 0.29) is 0 Å². The second kappa shape index (κ2) is 4.43. The lowest BCUT2D eigenvalue weighted by Crippen LogP contribution is -2.03. The first-order chi connectivity index (χ1) is 6.09. The molecular formula is C12H18O. The van der Waals surface area contributed by atoms with Crippen LogP contribution in [-0.4, -0.2) is 6.10 Å². The van der Waals surface area contributed by atoms with Crippen LogP contribution in [0.3, 0.4) is 0 Å². The lowest BCUT2D eigenvalue weighted by Gasteiger charge is -2.10. The third-order valence-corrected chi connectivity index (χ3v) is 2.08. The van der Waals surface area contributed by atoms with E-state index in [4.69, 9.17) is 4.74 Å². The molecule has 0 fully saturated rings. The highest BCUT2D eigenvalue weighted by Crippen LogP contribution is 2.12.